The van der Waals surface area contributed by atoms with Crippen molar-refractivity contribution in [2.45, 2.75) is 26.4 Å². The van der Waals surface area contributed by atoms with E-state index in [1.165, 1.54) is 4.31 Å². The lowest BCUT2D eigenvalue weighted by Gasteiger charge is -2.43. The van der Waals surface area contributed by atoms with Gasteiger partial charge in [-0.15, -0.1) is 10.2 Å². The Morgan fingerprint density at radius 2 is 1.85 bits per heavy atom. The van der Waals surface area contributed by atoms with Crippen LogP contribution >= 0.6 is 0 Å². The van der Waals surface area contributed by atoms with Crippen LogP contribution in [-0.4, -0.2) is 78.2 Å². The van der Waals surface area contributed by atoms with Crippen LogP contribution in [0, 0.1) is 13.8 Å². The minimum absolute atomic E-state index is 0.117. The summed E-state index contributed by atoms with van der Waals surface area (Å²) in [6.07, 6.45) is 1.63. The van der Waals surface area contributed by atoms with Crippen LogP contribution in [0.1, 0.15) is 17.1 Å². The number of anilines is 1. The molecular formula is C23H28N6O4S. The minimum atomic E-state index is -3.76. The normalized spacial score (nSPS) is 18.1. The molecule has 0 unspecified atom stereocenters. The molecule has 180 valence electrons. The van der Waals surface area contributed by atoms with Crippen molar-refractivity contribution in [2.24, 2.45) is 0 Å². The van der Waals surface area contributed by atoms with Crippen molar-refractivity contribution < 1.29 is 17.6 Å². The van der Waals surface area contributed by atoms with E-state index < -0.39 is 10.2 Å². The van der Waals surface area contributed by atoms with E-state index >= 15 is 0 Å². The Morgan fingerprint density at radius 3 is 2.44 bits per heavy atom. The number of nitrogens with zero attached hydrogens (tertiary/aromatic N) is 6. The van der Waals surface area contributed by atoms with Gasteiger partial charge in [0.1, 0.15) is 0 Å². The first-order valence-electron chi connectivity index (χ1n) is 11.3. The average Bonchev–Trinajstić information content (AvgIpc) is 3.23. The van der Waals surface area contributed by atoms with Gasteiger partial charge in [-0.3, -0.25) is 14.2 Å². The van der Waals surface area contributed by atoms with Gasteiger partial charge in [-0.05, 0) is 36.8 Å². The van der Waals surface area contributed by atoms with Crippen molar-refractivity contribution in [3.05, 3.63) is 59.7 Å². The van der Waals surface area contributed by atoms with Gasteiger partial charge >= 0.3 is 10.2 Å². The van der Waals surface area contributed by atoms with Crippen LogP contribution in [0.4, 0.5) is 5.69 Å². The van der Waals surface area contributed by atoms with Crippen molar-refractivity contribution in [3.8, 4) is 11.5 Å². The van der Waals surface area contributed by atoms with Crippen molar-refractivity contribution in [1.29, 1.82) is 0 Å². The highest BCUT2D eigenvalue weighted by Crippen LogP contribution is 2.26. The number of aromatic nitrogens is 3. The molecule has 0 radical (unpaired) electrons. The van der Waals surface area contributed by atoms with E-state index in [0.29, 0.717) is 60.9 Å². The smallest absolute Gasteiger partial charge is 0.304 e. The van der Waals surface area contributed by atoms with E-state index in [1.54, 1.807) is 23.5 Å². The van der Waals surface area contributed by atoms with Crippen LogP contribution in [0.3, 0.4) is 0 Å². The largest absolute Gasteiger partial charge is 0.421 e. The van der Waals surface area contributed by atoms with Crippen molar-refractivity contribution in [1.82, 2.24) is 24.4 Å². The van der Waals surface area contributed by atoms with Gasteiger partial charge < -0.3 is 9.15 Å². The molecule has 2 fully saturated rings. The van der Waals surface area contributed by atoms with Crippen LogP contribution < -0.4 is 4.31 Å². The lowest BCUT2D eigenvalue weighted by molar-refractivity contribution is -0.0721. The lowest BCUT2D eigenvalue weighted by Crippen LogP contribution is -2.59. The maximum absolute atomic E-state index is 13.8. The standard InChI is InChI=1S/C23H28N6O4S/c1-17-4-3-5-21(12-17)29(14-20-7-6-19(13-24-20)23-26-25-18(2)33-23)34(30,31)28-10-8-27(9-11-28)22-15-32-16-22/h3-7,12-13,22H,8-11,14-16H2,1-2H3. The van der Waals surface area contributed by atoms with Gasteiger partial charge in [0, 0.05) is 39.3 Å². The molecule has 0 spiro atoms. The Kier molecular flexibility index (Phi) is 6.34. The van der Waals surface area contributed by atoms with Crippen LogP contribution in [0.25, 0.3) is 11.5 Å². The van der Waals surface area contributed by atoms with E-state index in [9.17, 15) is 8.42 Å². The number of piperazine rings is 1. The molecule has 2 saturated heterocycles. The molecule has 11 heteroatoms. The minimum Gasteiger partial charge on any atom is -0.421 e. The first kappa shape index (κ1) is 22.9. The number of hydrogen-bond donors (Lipinski definition) is 0. The second-order valence-corrected chi connectivity index (χ2v) is 10.5. The Morgan fingerprint density at radius 1 is 1.06 bits per heavy atom. The van der Waals surface area contributed by atoms with Crippen LogP contribution in [-0.2, 0) is 21.5 Å². The summed E-state index contributed by atoms with van der Waals surface area (Å²) in [5.74, 6) is 0.857. The van der Waals surface area contributed by atoms with Crippen LogP contribution in [0.15, 0.2) is 47.0 Å². The molecular weight excluding hydrogens is 456 g/mol. The summed E-state index contributed by atoms with van der Waals surface area (Å²) in [5, 5.41) is 7.85. The van der Waals surface area contributed by atoms with Gasteiger partial charge in [-0.2, -0.15) is 12.7 Å². The number of pyridine rings is 1. The zero-order chi connectivity index (χ0) is 23.7. The van der Waals surface area contributed by atoms with Gasteiger partial charge in [0.25, 0.3) is 0 Å². The number of rotatable bonds is 7. The van der Waals surface area contributed by atoms with Gasteiger partial charge in [-0.25, -0.2) is 0 Å². The summed E-state index contributed by atoms with van der Waals surface area (Å²) >= 11 is 0. The molecule has 1 aromatic carbocycles. The van der Waals surface area contributed by atoms with Crippen molar-refractivity contribution >= 4 is 15.9 Å². The highest BCUT2D eigenvalue weighted by atomic mass is 32.2. The highest BCUT2D eigenvalue weighted by molar-refractivity contribution is 7.90. The third-order valence-electron chi connectivity index (χ3n) is 6.21. The quantitative estimate of drug-likeness (QED) is 0.502. The summed E-state index contributed by atoms with van der Waals surface area (Å²) in [7, 11) is -3.76. The molecule has 0 aliphatic carbocycles. The Hall–Kier alpha value is -2.86. The van der Waals surface area contributed by atoms with Crippen molar-refractivity contribution in [2.75, 3.05) is 43.7 Å². The fourth-order valence-corrected chi connectivity index (χ4v) is 5.75. The Balaban J connectivity index is 1.38. The predicted molar refractivity (Wildman–Crippen MR) is 126 cm³/mol. The molecule has 3 aromatic rings. The summed E-state index contributed by atoms with van der Waals surface area (Å²) in [4.78, 5) is 6.80. The average molecular weight is 485 g/mol. The van der Waals surface area contributed by atoms with E-state index in [2.05, 4.69) is 20.1 Å². The molecule has 0 amide bonds. The molecule has 34 heavy (non-hydrogen) atoms. The van der Waals surface area contributed by atoms with E-state index in [1.807, 2.05) is 37.3 Å². The third-order valence-corrected chi connectivity index (χ3v) is 8.12. The Labute approximate surface area is 199 Å². The molecule has 2 aliphatic rings. The fourth-order valence-electron chi connectivity index (χ4n) is 4.17. The maximum Gasteiger partial charge on any atom is 0.304 e. The molecule has 0 N–H and O–H groups in total. The van der Waals surface area contributed by atoms with Crippen molar-refractivity contribution in [3.63, 3.8) is 0 Å². The first-order valence-corrected chi connectivity index (χ1v) is 12.7. The van der Waals surface area contributed by atoms with Crippen LogP contribution in [0.2, 0.25) is 0 Å². The summed E-state index contributed by atoms with van der Waals surface area (Å²) in [6.45, 7) is 7.55. The molecule has 0 atom stereocenters. The second-order valence-electron chi connectivity index (χ2n) is 8.64. The number of aryl methyl sites for hydroxylation is 2. The van der Waals surface area contributed by atoms with Gasteiger partial charge in [-0.1, -0.05) is 12.1 Å². The zero-order valence-corrected chi connectivity index (χ0v) is 20.1. The van der Waals surface area contributed by atoms with E-state index in [4.69, 9.17) is 9.15 Å². The number of ether oxygens (including phenoxy) is 1. The van der Waals surface area contributed by atoms with Gasteiger partial charge in [0.2, 0.25) is 11.8 Å². The second kappa shape index (κ2) is 9.41. The summed E-state index contributed by atoms with van der Waals surface area (Å²) in [5.41, 5.74) is 2.91. The zero-order valence-electron chi connectivity index (χ0n) is 19.3. The van der Waals surface area contributed by atoms with Crippen LogP contribution in [0.5, 0.6) is 0 Å². The molecule has 5 rings (SSSR count). The SMILES string of the molecule is Cc1cccc(N(Cc2ccc(-c3nnc(C)o3)cn2)S(=O)(=O)N2CCN(C3COC3)CC2)c1. The molecule has 0 saturated carbocycles. The van der Waals surface area contributed by atoms with Gasteiger partial charge in [0.05, 0.1) is 42.7 Å². The monoisotopic (exact) mass is 484 g/mol. The molecule has 2 aromatic heterocycles. The topological polar surface area (TPSA) is 105 Å². The number of benzene rings is 1. The van der Waals surface area contributed by atoms with Gasteiger partial charge in [0.15, 0.2) is 0 Å². The predicted octanol–water partition coefficient (Wildman–Crippen LogP) is 2.02. The Bertz CT molecular complexity index is 1230. The third kappa shape index (κ3) is 4.69. The van der Waals surface area contributed by atoms with E-state index in [-0.39, 0.29) is 6.54 Å². The first-order chi connectivity index (χ1) is 16.4. The summed E-state index contributed by atoms with van der Waals surface area (Å²) in [6, 6.07) is 11.5. The lowest BCUT2D eigenvalue weighted by atomic mass is 10.2. The number of hydrogen-bond acceptors (Lipinski definition) is 8. The fraction of sp³-hybridized carbons (Fsp3) is 0.435. The highest BCUT2D eigenvalue weighted by Gasteiger charge is 2.36. The van der Waals surface area contributed by atoms with E-state index in [0.717, 1.165) is 18.8 Å². The maximum atomic E-state index is 13.8. The molecule has 2 aliphatic heterocycles. The molecule has 10 nitrogen and oxygen atoms in total. The molecule has 4 heterocycles. The summed E-state index contributed by atoms with van der Waals surface area (Å²) < 4.78 is 41.4. The molecule has 0 bridgehead atoms.